The van der Waals surface area contributed by atoms with E-state index in [-0.39, 0.29) is 0 Å². The van der Waals surface area contributed by atoms with E-state index in [9.17, 15) is 0 Å². The summed E-state index contributed by atoms with van der Waals surface area (Å²) in [7, 11) is 0. The molecule has 0 atom stereocenters. The molecule has 0 spiro atoms. The lowest BCUT2D eigenvalue weighted by atomic mass is 9.97. The summed E-state index contributed by atoms with van der Waals surface area (Å²) in [5, 5.41) is 6.89. The van der Waals surface area contributed by atoms with Crippen molar-refractivity contribution in [3.63, 3.8) is 0 Å². The fourth-order valence-electron chi connectivity index (χ4n) is 3.39. The molecule has 3 rings (SSSR count). The summed E-state index contributed by atoms with van der Waals surface area (Å²) in [4.78, 5) is 9.01. The summed E-state index contributed by atoms with van der Waals surface area (Å²) < 4.78 is 0. The van der Waals surface area contributed by atoms with Crippen molar-refractivity contribution >= 4 is 11.6 Å². The molecule has 1 aromatic carbocycles. The number of allylic oxidation sites excluding steroid dienone is 1. The van der Waals surface area contributed by atoms with E-state index in [1.165, 1.54) is 31.2 Å². The fraction of sp³-hybridized carbons (Fsp3) is 0.455. The van der Waals surface area contributed by atoms with Gasteiger partial charge in [-0.3, -0.25) is 0 Å². The summed E-state index contributed by atoms with van der Waals surface area (Å²) in [6.45, 7) is 3.80. The zero-order chi connectivity index (χ0) is 18.0. The molecular formula is C22H30N4. The fourth-order valence-corrected chi connectivity index (χ4v) is 3.39. The molecule has 1 aliphatic carbocycles. The molecule has 1 aliphatic rings. The highest BCUT2D eigenvalue weighted by Crippen LogP contribution is 2.20. The van der Waals surface area contributed by atoms with Gasteiger partial charge >= 0.3 is 0 Å². The number of hydrogen-bond acceptors (Lipinski definition) is 4. The molecule has 26 heavy (non-hydrogen) atoms. The lowest BCUT2D eigenvalue weighted by Crippen LogP contribution is -2.10. The maximum atomic E-state index is 4.51. The molecule has 0 fully saturated rings. The van der Waals surface area contributed by atoms with E-state index in [1.54, 1.807) is 5.57 Å². The molecule has 2 N–H and O–H groups in total. The van der Waals surface area contributed by atoms with E-state index in [4.69, 9.17) is 0 Å². The van der Waals surface area contributed by atoms with Crippen LogP contribution in [0.2, 0.25) is 0 Å². The average Bonchev–Trinajstić information content (AvgIpc) is 2.67. The van der Waals surface area contributed by atoms with E-state index in [2.05, 4.69) is 57.0 Å². The Morgan fingerprint density at radius 3 is 2.42 bits per heavy atom. The van der Waals surface area contributed by atoms with Gasteiger partial charge in [0.25, 0.3) is 0 Å². The second-order valence-electron chi connectivity index (χ2n) is 6.99. The Bertz CT molecular complexity index is 709. The van der Waals surface area contributed by atoms with Gasteiger partial charge in [0.15, 0.2) is 0 Å². The smallest absolute Gasteiger partial charge is 0.131 e. The molecule has 0 aliphatic heterocycles. The minimum atomic E-state index is 0.803. The van der Waals surface area contributed by atoms with Crippen LogP contribution in [0, 0.1) is 6.92 Å². The summed E-state index contributed by atoms with van der Waals surface area (Å²) in [6.07, 6.45) is 10.9. The van der Waals surface area contributed by atoms with Crippen molar-refractivity contribution < 1.29 is 0 Å². The molecule has 1 heterocycles. The van der Waals surface area contributed by atoms with Gasteiger partial charge in [-0.25, -0.2) is 9.97 Å². The van der Waals surface area contributed by atoms with Crippen LogP contribution in [-0.2, 0) is 6.42 Å². The molecule has 138 valence electrons. The Kier molecular flexibility index (Phi) is 7.05. The number of hydrogen-bond donors (Lipinski definition) is 2. The molecule has 0 radical (unpaired) electrons. The van der Waals surface area contributed by atoms with E-state index < -0.39 is 0 Å². The van der Waals surface area contributed by atoms with E-state index in [1.807, 2.05) is 13.0 Å². The number of nitrogens with one attached hydrogen (secondary N) is 2. The van der Waals surface area contributed by atoms with Crippen LogP contribution in [-0.4, -0.2) is 23.1 Å². The van der Waals surface area contributed by atoms with Gasteiger partial charge in [0, 0.05) is 19.2 Å². The predicted octanol–water partition coefficient (Wildman–Crippen LogP) is 5.13. The van der Waals surface area contributed by atoms with Crippen molar-refractivity contribution in [3.05, 3.63) is 59.4 Å². The molecule has 1 aromatic heterocycles. The molecule has 2 aromatic rings. The normalized spacial score (nSPS) is 14.0. The van der Waals surface area contributed by atoms with Gasteiger partial charge in [0.1, 0.15) is 17.5 Å². The summed E-state index contributed by atoms with van der Waals surface area (Å²) in [5.74, 6) is 2.63. The van der Waals surface area contributed by atoms with Crippen molar-refractivity contribution in [1.82, 2.24) is 9.97 Å². The minimum Gasteiger partial charge on any atom is -0.370 e. The zero-order valence-corrected chi connectivity index (χ0v) is 15.8. The Morgan fingerprint density at radius 2 is 1.69 bits per heavy atom. The first-order valence-electron chi connectivity index (χ1n) is 9.85. The molecule has 0 bridgehead atoms. The molecule has 4 heteroatoms. The Labute approximate surface area is 157 Å². The minimum absolute atomic E-state index is 0.803. The van der Waals surface area contributed by atoms with E-state index >= 15 is 0 Å². The first-order valence-corrected chi connectivity index (χ1v) is 9.85. The van der Waals surface area contributed by atoms with E-state index in [0.29, 0.717) is 0 Å². The third-order valence-electron chi connectivity index (χ3n) is 4.77. The second kappa shape index (κ2) is 9.95. The third-order valence-corrected chi connectivity index (χ3v) is 4.77. The highest BCUT2D eigenvalue weighted by molar-refractivity contribution is 5.47. The van der Waals surface area contributed by atoms with Gasteiger partial charge < -0.3 is 10.6 Å². The van der Waals surface area contributed by atoms with Gasteiger partial charge in [-0.2, -0.15) is 0 Å². The Morgan fingerprint density at radius 1 is 0.923 bits per heavy atom. The van der Waals surface area contributed by atoms with Crippen LogP contribution in [0.5, 0.6) is 0 Å². The van der Waals surface area contributed by atoms with Crippen LogP contribution in [0.4, 0.5) is 11.6 Å². The van der Waals surface area contributed by atoms with Crippen LogP contribution in [0.25, 0.3) is 0 Å². The number of aryl methyl sites for hydroxylation is 2. The lowest BCUT2D eigenvalue weighted by molar-refractivity contribution is 0.679. The van der Waals surface area contributed by atoms with Gasteiger partial charge in [-0.05, 0) is 57.4 Å². The van der Waals surface area contributed by atoms with Crippen molar-refractivity contribution in [3.8, 4) is 0 Å². The largest absolute Gasteiger partial charge is 0.370 e. The number of anilines is 2. The quantitative estimate of drug-likeness (QED) is 0.486. The Hall–Kier alpha value is -2.36. The molecule has 4 nitrogen and oxygen atoms in total. The lowest BCUT2D eigenvalue weighted by Gasteiger charge is -2.14. The number of rotatable bonds is 9. The summed E-state index contributed by atoms with van der Waals surface area (Å²) >= 11 is 0. The highest BCUT2D eigenvalue weighted by Gasteiger charge is 2.05. The van der Waals surface area contributed by atoms with Crippen molar-refractivity contribution in [2.75, 3.05) is 23.7 Å². The standard InChI is InChI=1S/C22H30N4/c1-18-25-21(23-15-8-13-19-9-4-2-5-10-19)17-22(26-18)24-16-14-20-11-6-3-7-12-20/h2,4-5,9-11,17H,3,6-8,12-16H2,1H3,(H2,23,24,25,26). The number of benzene rings is 1. The van der Waals surface area contributed by atoms with Crippen LogP contribution >= 0.6 is 0 Å². The first kappa shape index (κ1) is 18.4. The van der Waals surface area contributed by atoms with E-state index in [0.717, 1.165) is 49.8 Å². The number of nitrogens with zero attached hydrogens (tertiary/aromatic N) is 2. The highest BCUT2D eigenvalue weighted by atomic mass is 15.1. The van der Waals surface area contributed by atoms with Crippen LogP contribution in [0.3, 0.4) is 0 Å². The van der Waals surface area contributed by atoms with Crippen molar-refractivity contribution in [2.45, 2.75) is 51.9 Å². The van der Waals surface area contributed by atoms with Crippen molar-refractivity contribution in [2.24, 2.45) is 0 Å². The van der Waals surface area contributed by atoms with Gasteiger partial charge in [0.05, 0.1) is 0 Å². The Balaban J connectivity index is 1.43. The third kappa shape index (κ3) is 6.17. The zero-order valence-electron chi connectivity index (χ0n) is 15.8. The summed E-state index contributed by atoms with van der Waals surface area (Å²) in [6, 6.07) is 12.6. The maximum Gasteiger partial charge on any atom is 0.131 e. The summed E-state index contributed by atoms with van der Waals surface area (Å²) in [5.41, 5.74) is 2.97. The van der Waals surface area contributed by atoms with Gasteiger partial charge in [-0.1, -0.05) is 42.0 Å². The predicted molar refractivity (Wildman–Crippen MR) is 110 cm³/mol. The van der Waals surface area contributed by atoms with Gasteiger partial charge in [-0.15, -0.1) is 0 Å². The molecular weight excluding hydrogens is 320 g/mol. The van der Waals surface area contributed by atoms with Gasteiger partial charge in [0.2, 0.25) is 0 Å². The van der Waals surface area contributed by atoms with Crippen molar-refractivity contribution in [1.29, 1.82) is 0 Å². The van der Waals surface area contributed by atoms with Crippen LogP contribution in [0.15, 0.2) is 48.0 Å². The topological polar surface area (TPSA) is 49.8 Å². The SMILES string of the molecule is Cc1nc(NCCCc2ccccc2)cc(NCCC2=CCCCC2)n1. The average molecular weight is 351 g/mol. The van der Waals surface area contributed by atoms with Crippen LogP contribution < -0.4 is 10.6 Å². The molecule has 0 saturated heterocycles. The van der Waals surface area contributed by atoms with Crippen LogP contribution in [0.1, 0.15) is 49.9 Å². The molecule has 0 unspecified atom stereocenters. The molecule has 0 saturated carbocycles. The second-order valence-corrected chi connectivity index (χ2v) is 6.99. The maximum absolute atomic E-state index is 4.51. The number of aromatic nitrogens is 2. The first-order chi connectivity index (χ1) is 12.8. The monoisotopic (exact) mass is 350 g/mol. The molecule has 0 amide bonds.